The summed E-state index contributed by atoms with van der Waals surface area (Å²) in [7, 11) is 0. The molecule has 1 saturated heterocycles. The number of nitrogens with one attached hydrogen (secondary N) is 1. The van der Waals surface area contributed by atoms with Crippen molar-refractivity contribution in [2.45, 2.75) is 51.9 Å². The molecule has 2 nitrogen and oxygen atoms in total. The Kier molecular flexibility index (Phi) is 4.39. The van der Waals surface area contributed by atoms with E-state index in [-0.39, 0.29) is 0 Å². The van der Waals surface area contributed by atoms with Gasteiger partial charge in [-0.2, -0.15) is 0 Å². The van der Waals surface area contributed by atoms with Gasteiger partial charge in [0.25, 0.3) is 0 Å². The van der Waals surface area contributed by atoms with Crippen molar-refractivity contribution in [1.29, 1.82) is 0 Å². The van der Waals surface area contributed by atoms with Crippen molar-refractivity contribution in [1.82, 2.24) is 0 Å². The van der Waals surface area contributed by atoms with E-state index in [0.29, 0.717) is 11.7 Å². The Balaban J connectivity index is 1.77. The number of Topliss-reactive ketones (excluding diaryl/α,β-unsaturated/α-hetero) is 1. The number of piperidine rings is 1. The SMILES string of the molecule is CC1CCC[NH+](CC(=O)C2CCCCC2)C1. The molecule has 2 heteroatoms. The number of rotatable bonds is 3. The molecule has 1 aliphatic carbocycles. The molecule has 1 N–H and O–H groups in total. The molecule has 16 heavy (non-hydrogen) atoms. The van der Waals surface area contributed by atoms with Gasteiger partial charge in [-0.3, -0.25) is 4.79 Å². The Labute approximate surface area is 99.4 Å². The Bertz CT molecular complexity index is 233. The molecule has 1 aliphatic heterocycles. The van der Waals surface area contributed by atoms with Crippen LogP contribution in [-0.4, -0.2) is 25.4 Å². The predicted octanol–water partition coefficient (Wildman–Crippen LogP) is 1.45. The van der Waals surface area contributed by atoms with Gasteiger partial charge in [0.2, 0.25) is 0 Å². The lowest BCUT2D eigenvalue weighted by Gasteiger charge is -2.29. The summed E-state index contributed by atoms with van der Waals surface area (Å²) in [5.41, 5.74) is 0. The van der Waals surface area contributed by atoms with Crippen LogP contribution in [0.5, 0.6) is 0 Å². The molecule has 2 atom stereocenters. The zero-order valence-corrected chi connectivity index (χ0v) is 10.6. The minimum Gasteiger partial charge on any atom is -0.329 e. The van der Waals surface area contributed by atoms with E-state index in [1.807, 2.05) is 0 Å². The first kappa shape index (κ1) is 12.1. The number of likely N-dealkylation sites (tertiary alicyclic amines) is 1. The van der Waals surface area contributed by atoms with E-state index in [1.54, 1.807) is 4.90 Å². The summed E-state index contributed by atoms with van der Waals surface area (Å²) in [6, 6.07) is 0. The van der Waals surface area contributed by atoms with Crippen molar-refractivity contribution < 1.29 is 9.69 Å². The third-order valence-electron chi connectivity index (χ3n) is 4.35. The van der Waals surface area contributed by atoms with Gasteiger partial charge in [0.1, 0.15) is 6.54 Å². The van der Waals surface area contributed by atoms with Gasteiger partial charge >= 0.3 is 0 Å². The third kappa shape index (κ3) is 3.31. The second kappa shape index (κ2) is 5.81. The molecule has 2 unspecified atom stereocenters. The Hall–Kier alpha value is -0.370. The number of carbonyl (C=O) groups is 1. The maximum absolute atomic E-state index is 12.2. The molecule has 2 fully saturated rings. The Morgan fingerprint density at radius 1 is 1.12 bits per heavy atom. The average molecular weight is 224 g/mol. The van der Waals surface area contributed by atoms with Crippen LogP contribution in [0, 0.1) is 11.8 Å². The smallest absolute Gasteiger partial charge is 0.189 e. The Morgan fingerprint density at radius 3 is 2.56 bits per heavy atom. The van der Waals surface area contributed by atoms with Crippen LogP contribution in [0.15, 0.2) is 0 Å². The second-order valence-corrected chi connectivity index (χ2v) is 5.93. The summed E-state index contributed by atoms with van der Waals surface area (Å²) in [6.45, 7) is 5.58. The average Bonchev–Trinajstić information content (AvgIpc) is 2.30. The highest BCUT2D eigenvalue weighted by atomic mass is 16.1. The van der Waals surface area contributed by atoms with Crippen molar-refractivity contribution in [3.63, 3.8) is 0 Å². The molecule has 0 radical (unpaired) electrons. The van der Waals surface area contributed by atoms with Gasteiger partial charge < -0.3 is 4.90 Å². The first-order valence-corrected chi connectivity index (χ1v) is 7.12. The van der Waals surface area contributed by atoms with Crippen LogP contribution in [0.2, 0.25) is 0 Å². The Morgan fingerprint density at radius 2 is 1.88 bits per heavy atom. The van der Waals surface area contributed by atoms with Crippen molar-refractivity contribution in [2.24, 2.45) is 11.8 Å². The summed E-state index contributed by atoms with van der Waals surface area (Å²) in [4.78, 5) is 13.7. The van der Waals surface area contributed by atoms with Gasteiger partial charge in [0, 0.05) is 11.8 Å². The zero-order valence-electron chi connectivity index (χ0n) is 10.6. The van der Waals surface area contributed by atoms with Gasteiger partial charge in [-0.05, 0) is 25.7 Å². The molecule has 0 aromatic heterocycles. The van der Waals surface area contributed by atoms with Crippen LogP contribution < -0.4 is 4.90 Å². The monoisotopic (exact) mass is 224 g/mol. The predicted molar refractivity (Wildman–Crippen MR) is 65.5 cm³/mol. The van der Waals surface area contributed by atoms with Gasteiger partial charge in [-0.15, -0.1) is 0 Å². The highest BCUT2D eigenvalue weighted by molar-refractivity contribution is 5.81. The number of quaternary nitrogens is 1. The summed E-state index contributed by atoms with van der Waals surface area (Å²) < 4.78 is 0. The van der Waals surface area contributed by atoms with E-state index in [1.165, 1.54) is 58.0 Å². The lowest BCUT2D eigenvalue weighted by atomic mass is 9.86. The van der Waals surface area contributed by atoms with Crippen LogP contribution >= 0.6 is 0 Å². The van der Waals surface area contributed by atoms with Crippen LogP contribution in [0.4, 0.5) is 0 Å². The number of carbonyl (C=O) groups excluding carboxylic acids is 1. The normalized spacial score (nSPS) is 32.6. The fourth-order valence-electron chi connectivity index (χ4n) is 3.37. The number of hydrogen-bond acceptors (Lipinski definition) is 1. The summed E-state index contributed by atoms with van der Waals surface area (Å²) >= 11 is 0. The molecule has 1 heterocycles. The maximum atomic E-state index is 12.2. The molecular formula is C14H26NO+. The van der Waals surface area contributed by atoms with E-state index in [4.69, 9.17) is 0 Å². The molecule has 0 aromatic carbocycles. The first-order valence-electron chi connectivity index (χ1n) is 7.12. The van der Waals surface area contributed by atoms with Gasteiger partial charge in [0.05, 0.1) is 13.1 Å². The van der Waals surface area contributed by atoms with E-state index in [0.717, 1.165) is 12.5 Å². The molecule has 2 rings (SSSR count). The summed E-state index contributed by atoms with van der Waals surface area (Å²) in [5, 5.41) is 0. The molecule has 92 valence electrons. The maximum Gasteiger partial charge on any atom is 0.189 e. The van der Waals surface area contributed by atoms with E-state index < -0.39 is 0 Å². The van der Waals surface area contributed by atoms with Crippen molar-refractivity contribution in [3.8, 4) is 0 Å². The van der Waals surface area contributed by atoms with Gasteiger partial charge in [0.15, 0.2) is 5.78 Å². The minimum atomic E-state index is 0.415. The first-order chi connectivity index (χ1) is 7.75. The molecule has 2 aliphatic rings. The van der Waals surface area contributed by atoms with E-state index in [2.05, 4.69) is 6.92 Å². The second-order valence-electron chi connectivity index (χ2n) is 5.93. The van der Waals surface area contributed by atoms with Crippen molar-refractivity contribution in [2.75, 3.05) is 19.6 Å². The molecule has 0 bridgehead atoms. The summed E-state index contributed by atoms with van der Waals surface area (Å²) in [5.74, 6) is 1.80. The minimum absolute atomic E-state index is 0.415. The quantitative estimate of drug-likeness (QED) is 0.770. The van der Waals surface area contributed by atoms with Crippen LogP contribution in [-0.2, 0) is 4.79 Å². The van der Waals surface area contributed by atoms with Crippen LogP contribution in [0.25, 0.3) is 0 Å². The number of hydrogen-bond donors (Lipinski definition) is 1. The molecular weight excluding hydrogens is 198 g/mol. The zero-order chi connectivity index (χ0) is 11.4. The fraction of sp³-hybridized carbons (Fsp3) is 0.929. The van der Waals surface area contributed by atoms with E-state index >= 15 is 0 Å². The van der Waals surface area contributed by atoms with E-state index in [9.17, 15) is 4.79 Å². The third-order valence-corrected chi connectivity index (χ3v) is 4.35. The number of ketones is 1. The van der Waals surface area contributed by atoms with Crippen molar-refractivity contribution in [3.05, 3.63) is 0 Å². The lowest BCUT2D eigenvalue weighted by Crippen LogP contribution is -3.14. The molecule has 0 spiro atoms. The topological polar surface area (TPSA) is 21.5 Å². The standard InChI is InChI=1S/C14H25NO/c1-12-6-5-9-15(10-12)11-14(16)13-7-3-2-4-8-13/h12-13H,2-11H2,1H3/p+1. The largest absolute Gasteiger partial charge is 0.329 e. The van der Waals surface area contributed by atoms with Crippen LogP contribution in [0.3, 0.4) is 0 Å². The van der Waals surface area contributed by atoms with Gasteiger partial charge in [-0.25, -0.2) is 0 Å². The highest BCUT2D eigenvalue weighted by Crippen LogP contribution is 2.23. The molecule has 1 saturated carbocycles. The highest BCUT2D eigenvalue weighted by Gasteiger charge is 2.27. The van der Waals surface area contributed by atoms with Crippen LogP contribution in [0.1, 0.15) is 51.9 Å². The fourth-order valence-corrected chi connectivity index (χ4v) is 3.37. The van der Waals surface area contributed by atoms with Gasteiger partial charge in [-0.1, -0.05) is 26.2 Å². The molecule has 0 aromatic rings. The lowest BCUT2D eigenvalue weighted by molar-refractivity contribution is -0.900. The summed E-state index contributed by atoms with van der Waals surface area (Å²) in [6.07, 6.45) is 8.92. The molecule has 0 amide bonds. The van der Waals surface area contributed by atoms with Crippen molar-refractivity contribution >= 4 is 5.78 Å².